The fourth-order valence-corrected chi connectivity index (χ4v) is 2.95. The highest BCUT2D eigenvalue weighted by molar-refractivity contribution is 5.86. The number of hydrogen-bond donors (Lipinski definition) is 1. The molecule has 4 rings (SSSR count). The topological polar surface area (TPSA) is 72.9 Å². The molecule has 4 heterocycles. The maximum Gasteiger partial charge on any atom is 0.163 e. The van der Waals surface area contributed by atoms with Crippen LogP contribution in [-0.2, 0) is 20.0 Å². The standard InChI is InChI=1S/C18H21N7/c1-4-5-15-22-17(14-9-20-24(3)18(14)23-15)19-8-13-11-25-10-12(2)6-7-16(25)21-13/h6-7,9-11H,4-5,8H2,1-3H3,(H,19,22,23). The quantitative estimate of drug-likeness (QED) is 0.607. The van der Waals surface area contributed by atoms with Gasteiger partial charge in [0, 0.05) is 25.9 Å². The zero-order valence-electron chi connectivity index (χ0n) is 14.7. The highest BCUT2D eigenvalue weighted by Crippen LogP contribution is 2.21. The minimum absolute atomic E-state index is 0.604. The molecule has 25 heavy (non-hydrogen) atoms. The summed E-state index contributed by atoms with van der Waals surface area (Å²) in [5.74, 6) is 1.65. The summed E-state index contributed by atoms with van der Waals surface area (Å²) >= 11 is 0. The fraction of sp³-hybridized carbons (Fsp3) is 0.333. The summed E-state index contributed by atoms with van der Waals surface area (Å²) in [6, 6.07) is 4.10. The molecule has 128 valence electrons. The Hall–Kier alpha value is -2.96. The van der Waals surface area contributed by atoms with Crippen molar-refractivity contribution in [3.63, 3.8) is 0 Å². The number of rotatable bonds is 5. The molecule has 0 unspecified atom stereocenters. The molecule has 1 N–H and O–H groups in total. The Morgan fingerprint density at radius 1 is 1.12 bits per heavy atom. The van der Waals surface area contributed by atoms with Crippen molar-refractivity contribution < 1.29 is 0 Å². The van der Waals surface area contributed by atoms with Crippen LogP contribution in [0.2, 0.25) is 0 Å². The summed E-state index contributed by atoms with van der Waals surface area (Å²) in [5, 5.41) is 8.66. The molecule has 4 aromatic rings. The first-order chi connectivity index (χ1) is 12.1. The minimum Gasteiger partial charge on any atom is -0.364 e. The Kier molecular flexibility index (Phi) is 3.83. The highest BCUT2D eigenvalue weighted by atomic mass is 15.3. The first-order valence-corrected chi connectivity index (χ1v) is 8.51. The second-order valence-corrected chi connectivity index (χ2v) is 6.30. The van der Waals surface area contributed by atoms with Gasteiger partial charge in [0.2, 0.25) is 0 Å². The monoisotopic (exact) mass is 335 g/mol. The predicted molar refractivity (Wildman–Crippen MR) is 97.6 cm³/mol. The van der Waals surface area contributed by atoms with Crippen molar-refractivity contribution >= 4 is 22.5 Å². The number of aryl methyl sites for hydroxylation is 3. The Morgan fingerprint density at radius 3 is 2.84 bits per heavy atom. The third kappa shape index (κ3) is 2.93. The molecular formula is C18H21N7. The molecule has 0 spiro atoms. The molecule has 0 aliphatic carbocycles. The number of imidazole rings is 1. The summed E-state index contributed by atoms with van der Waals surface area (Å²) in [5.41, 5.74) is 3.98. The SMILES string of the molecule is CCCc1nc(NCc2cn3cc(C)ccc3n2)c2cnn(C)c2n1. The number of fused-ring (bicyclic) bond motifs is 2. The van der Waals surface area contributed by atoms with Crippen LogP contribution in [0.3, 0.4) is 0 Å². The van der Waals surface area contributed by atoms with Gasteiger partial charge in [-0.2, -0.15) is 5.10 Å². The summed E-state index contributed by atoms with van der Waals surface area (Å²) in [4.78, 5) is 13.9. The molecule has 0 fully saturated rings. The van der Waals surface area contributed by atoms with Crippen molar-refractivity contribution in [2.75, 3.05) is 5.32 Å². The van der Waals surface area contributed by atoms with E-state index in [2.05, 4.69) is 55.9 Å². The van der Waals surface area contributed by atoms with Crippen LogP contribution in [0, 0.1) is 6.92 Å². The molecule has 0 aliphatic rings. The van der Waals surface area contributed by atoms with Crippen molar-refractivity contribution in [3.05, 3.63) is 47.8 Å². The van der Waals surface area contributed by atoms with Crippen molar-refractivity contribution in [1.82, 2.24) is 29.1 Å². The molecule has 0 atom stereocenters. The average Bonchev–Trinajstić information content (AvgIpc) is 3.16. The van der Waals surface area contributed by atoms with Crippen LogP contribution in [0.5, 0.6) is 0 Å². The Labute approximate surface area is 145 Å². The van der Waals surface area contributed by atoms with Crippen molar-refractivity contribution in [3.8, 4) is 0 Å². The van der Waals surface area contributed by atoms with Crippen molar-refractivity contribution in [2.45, 2.75) is 33.2 Å². The smallest absolute Gasteiger partial charge is 0.163 e. The van der Waals surface area contributed by atoms with Crippen LogP contribution < -0.4 is 5.32 Å². The second-order valence-electron chi connectivity index (χ2n) is 6.30. The Morgan fingerprint density at radius 2 is 2.00 bits per heavy atom. The molecule has 4 aromatic heterocycles. The van der Waals surface area contributed by atoms with Crippen LogP contribution >= 0.6 is 0 Å². The van der Waals surface area contributed by atoms with E-state index in [1.165, 1.54) is 5.56 Å². The van der Waals surface area contributed by atoms with Crippen LogP contribution in [0.4, 0.5) is 5.82 Å². The zero-order chi connectivity index (χ0) is 17.4. The molecule has 0 radical (unpaired) electrons. The van der Waals surface area contributed by atoms with Gasteiger partial charge >= 0.3 is 0 Å². The second kappa shape index (κ2) is 6.16. The lowest BCUT2D eigenvalue weighted by Gasteiger charge is -2.07. The molecule has 0 aliphatic heterocycles. The van der Waals surface area contributed by atoms with E-state index in [0.29, 0.717) is 6.54 Å². The largest absolute Gasteiger partial charge is 0.364 e. The molecule has 7 nitrogen and oxygen atoms in total. The summed E-state index contributed by atoms with van der Waals surface area (Å²) in [6.45, 7) is 4.81. The fourth-order valence-electron chi connectivity index (χ4n) is 2.95. The predicted octanol–water partition coefficient (Wildman–Crippen LogP) is 2.88. The van der Waals surface area contributed by atoms with Gasteiger partial charge in [0.15, 0.2) is 5.65 Å². The lowest BCUT2D eigenvalue weighted by Crippen LogP contribution is -2.06. The first-order valence-electron chi connectivity index (χ1n) is 8.51. The third-order valence-electron chi connectivity index (χ3n) is 4.20. The van der Waals surface area contributed by atoms with Gasteiger partial charge in [0.1, 0.15) is 17.3 Å². The molecule has 0 saturated heterocycles. The Balaban J connectivity index is 1.64. The number of aromatic nitrogens is 6. The summed E-state index contributed by atoms with van der Waals surface area (Å²) < 4.78 is 3.84. The summed E-state index contributed by atoms with van der Waals surface area (Å²) in [7, 11) is 1.90. The number of anilines is 1. The van der Waals surface area contributed by atoms with Gasteiger partial charge in [-0.05, 0) is 25.0 Å². The van der Waals surface area contributed by atoms with Gasteiger partial charge in [-0.3, -0.25) is 4.68 Å². The van der Waals surface area contributed by atoms with Crippen LogP contribution in [-0.4, -0.2) is 29.1 Å². The van der Waals surface area contributed by atoms with E-state index in [4.69, 9.17) is 0 Å². The van der Waals surface area contributed by atoms with Gasteiger partial charge in [-0.1, -0.05) is 13.0 Å². The summed E-state index contributed by atoms with van der Waals surface area (Å²) in [6.07, 6.45) is 7.79. The average molecular weight is 335 g/mol. The lowest BCUT2D eigenvalue weighted by atomic mass is 10.3. The highest BCUT2D eigenvalue weighted by Gasteiger charge is 2.12. The van der Waals surface area contributed by atoms with Crippen molar-refractivity contribution in [1.29, 1.82) is 0 Å². The number of hydrogen-bond acceptors (Lipinski definition) is 5. The van der Waals surface area contributed by atoms with E-state index in [-0.39, 0.29) is 0 Å². The van der Waals surface area contributed by atoms with Gasteiger partial charge in [0.05, 0.1) is 23.8 Å². The molecular weight excluding hydrogens is 314 g/mol. The maximum atomic E-state index is 4.68. The van der Waals surface area contributed by atoms with Crippen LogP contribution in [0.15, 0.2) is 30.7 Å². The molecule has 0 saturated carbocycles. The van der Waals surface area contributed by atoms with Crippen LogP contribution in [0.1, 0.15) is 30.4 Å². The van der Waals surface area contributed by atoms with E-state index in [9.17, 15) is 0 Å². The van der Waals surface area contributed by atoms with Gasteiger partial charge in [-0.25, -0.2) is 15.0 Å². The Bertz CT molecular complexity index is 1040. The van der Waals surface area contributed by atoms with Crippen molar-refractivity contribution in [2.24, 2.45) is 7.05 Å². The number of nitrogens with zero attached hydrogens (tertiary/aromatic N) is 6. The van der Waals surface area contributed by atoms with Gasteiger partial charge in [-0.15, -0.1) is 0 Å². The van der Waals surface area contributed by atoms with E-state index in [1.54, 1.807) is 10.9 Å². The van der Waals surface area contributed by atoms with E-state index in [0.717, 1.165) is 46.9 Å². The molecule has 0 bridgehead atoms. The normalized spacial score (nSPS) is 11.5. The van der Waals surface area contributed by atoms with Gasteiger partial charge in [0.25, 0.3) is 0 Å². The zero-order valence-corrected chi connectivity index (χ0v) is 14.7. The first kappa shape index (κ1) is 15.6. The maximum absolute atomic E-state index is 4.68. The minimum atomic E-state index is 0.604. The van der Waals surface area contributed by atoms with E-state index < -0.39 is 0 Å². The molecule has 7 heteroatoms. The van der Waals surface area contributed by atoms with Crippen LogP contribution in [0.25, 0.3) is 16.7 Å². The lowest BCUT2D eigenvalue weighted by molar-refractivity contribution is 0.772. The molecule has 0 amide bonds. The number of nitrogens with one attached hydrogen (secondary N) is 1. The number of pyridine rings is 1. The van der Waals surface area contributed by atoms with E-state index in [1.807, 2.05) is 19.3 Å². The third-order valence-corrected chi connectivity index (χ3v) is 4.20. The van der Waals surface area contributed by atoms with E-state index >= 15 is 0 Å². The molecule has 0 aromatic carbocycles. The van der Waals surface area contributed by atoms with Gasteiger partial charge < -0.3 is 9.72 Å².